The van der Waals surface area contributed by atoms with Crippen molar-refractivity contribution >= 4 is 28.8 Å². The third-order valence-corrected chi connectivity index (χ3v) is 6.09. The standard InChI is InChI=1S/C17H16N4O2S2/c1-9-12(3-2-6-19-9)23-17-13-11(15(24-17)16(22)20-8-18)5-4-10-7-21-25-14(10)13/h2-3,6-7H,4-5,8,18H2,1H3,(H,20,22). The molecule has 6 nitrogen and oxygen atoms in total. The van der Waals surface area contributed by atoms with Gasteiger partial charge in [-0.1, -0.05) is 11.3 Å². The number of ether oxygens (including phenoxy) is 1. The molecule has 128 valence electrons. The second-order valence-electron chi connectivity index (χ2n) is 5.65. The number of rotatable bonds is 4. The summed E-state index contributed by atoms with van der Waals surface area (Å²) in [6, 6.07) is 3.72. The van der Waals surface area contributed by atoms with E-state index in [0.29, 0.717) is 15.7 Å². The average Bonchev–Trinajstić information content (AvgIpc) is 3.21. The van der Waals surface area contributed by atoms with E-state index in [4.69, 9.17) is 10.5 Å². The van der Waals surface area contributed by atoms with Crippen molar-refractivity contribution in [3.05, 3.63) is 46.2 Å². The molecule has 3 aromatic heterocycles. The van der Waals surface area contributed by atoms with E-state index in [0.717, 1.165) is 34.5 Å². The number of fused-ring (bicyclic) bond motifs is 3. The second kappa shape index (κ2) is 6.55. The van der Waals surface area contributed by atoms with Crippen molar-refractivity contribution in [1.82, 2.24) is 14.7 Å². The predicted molar refractivity (Wildman–Crippen MR) is 98.4 cm³/mol. The molecule has 0 unspecified atom stereocenters. The first-order chi connectivity index (χ1) is 12.2. The molecule has 1 aliphatic carbocycles. The smallest absolute Gasteiger partial charge is 0.262 e. The van der Waals surface area contributed by atoms with E-state index in [9.17, 15) is 4.79 Å². The molecule has 0 aromatic carbocycles. The largest absolute Gasteiger partial charge is 0.444 e. The van der Waals surface area contributed by atoms with Crippen LogP contribution in [0.15, 0.2) is 24.5 Å². The zero-order valence-corrected chi connectivity index (χ0v) is 15.2. The molecule has 0 saturated carbocycles. The highest BCUT2D eigenvalue weighted by Crippen LogP contribution is 2.50. The van der Waals surface area contributed by atoms with Gasteiger partial charge in [0.05, 0.1) is 27.7 Å². The van der Waals surface area contributed by atoms with Crippen molar-refractivity contribution in [2.75, 3.05) is 6.67 Å². The lowest BCUT2D eigenvalue weighted by atomic mass is 9.93. The fourth-order valence-electron chi connectivity index (χ4n) is 2.92. The molecule has 0 radical (unpaired) electrons. The van der Waals surface area contributed by atoms with Gasteiger partial charge in [0.25, 0.3) is 5.91 Å². The Hall–Kier alpha value is -2.29. The van der Waals surface area contributed by atoms with Crippen LogP contribution >= 0.6 is 22.9 Å². The van der Waals surface area contributed by atoms with Gasteiger partial charge in [-0.25, -0.2) is 4.37 Å². The molecule has 0 bridgehead atoms. The number of thiophene rings is 1. The number of pyridine rings is 1. The number of aryl methyl sites for hydroxylation is 2. The number of carbonyl (C=O) groups excluding carboxylic acids is 1. The van der Waals surface area contributed by atoms with Gasteiger partial charge in [-0.2, -0.15) is 0 Å². The number of aromatic nitrogens is 2. The minimum atomic E-state index is -0.158. The summed E-state index contributed by atoms with van der Waals surface area (Å²) in [7, 11) is 0. The molecule has 3 aromatic rings. The quantitative estimate of drug-likeness (QED) is 0.687. The van der Waals surface area contributed by atoms with E-state index in [2.05, 4.69) is 14.7 Å². The zero-order valence-electron chi connectivity index (χ0n) is 13.5. The Kier molecular flexibility index (Phi) is 4.24. The number of nitrogens with two attached hydrogens (primary N) is 1. The molecular formula is C17H16N4O2S2. The van der Waals surface area contributed by atoms with Gasteiger partial charge in [-0.05, 0) is 54.6 Å². The van der Waals surface area contributed by atoms with Crippen LogP contribution < -0.4 is 15.8 Å². The lowest BCUT2D eigenvalue weighted by Crippen LogP contribution is -2.29. The summed E-state index contributed by atoms with van der Waals surface area (Å²) >= 11 is 2.80. The van der Waals surface area contributed by atoms with Gasteiger partial charge in [0.2, 0.25) is 0 Å². The maximum atomic E-state index is 12.4. The summed E-state index contributed by atoms with van der Waals surface area (Å²) in [6.07, 6.45) is 5.30. The maximum absolute atomic E-state index is 12.4. The van der Waals surface area contributed by atoms with Crippen LogP contribution in [0.1, 0.15) is 26.5 Å². The molecule has 25 heavy (non-hydrogen) atoms. The van der Waals surface area contributed by atoms with Crippen molar-refractivity contribution in [2.24, 2.45) is 5.73 Å². The minimum Gasteiger partial charge on any atom is -0.444 e. The Labute approximate surface area is 152 Å². The van der Waals surface area contributed by atoms with E-state index in [-0.39, 0.29) is 12.6 Å². The van der Waals surface area contributed by atoms with Crippen LogP contribution in [-0.2, 0) is 12.8 Å². The van der Waals surface area contributed by atoms with Crippen molar-refractivity contribution in [3.8, 4) is 21.3 Å². The second-order valence-corrected chi connectivity index (χ2v) is 7.44. The first-order valence-corrected chi connectivity index (χ1v) is 9.45. The highest BCUT2D eigenvalue weighted by Gasteiger charge is 2.30. The number of hydrogen-bond donors (Lipinski definition) is 2. The normalized spacial score (nSPS) is 12.4. The minimum absolute atomic E-state index is 0.106. The Morgan fingerprint density at radius 2 is 2.32 bits per heavy atom. The summed E-state index contributed by atoms with van der Waals surface area (Å²) in [5, 5.41) is 3.39. The molecule has 0 aliphatic heterocycles. The molecule has 0 fully saturated rings. The fourth-order valence-corrected chi connectivity index (χ4v) is 4.99. The van der Waals surface area contributed by atoms with Crippen molar-refractivity contribution in [2.45, 2.75) is 19.8 Å². The Balaban J connectivity index is 1.84. The van der Waals surface area contributed by atoms with Gasteiger partial charge in [-0.3, -0.25) is 9.78 Å². The van der Waals surface area contributed by atoms with Crippen LogP contribution in [0.2, 0.25) is 0 Å². The number of amides is 1. The van der Waals surface area contributed by atoms with Crippen LogP contribution in [-0.4, -0.2) is 21.9 Å². The van der Waals surface area contributed by atoms with E-state index in [1.54, 1.807) is 6.20 Å². The van der Waals surface area contributed by atoms with Gasteiger partial charge in [0.1, 0.15) is 5.75 Å². The van der Waals surface area contributed by atoms with Gasteiger partial charge in [0.15, 0.2) is 5.06 Å². The van der Waals surface area contributed by atoms with Crippen molar-refractivity contribution < 1.29 is 9.53 Å². The molecule has 3 N–H and O–H groups in total. The molecule has 4 rings (SSSR count). The third kappa shape index (κ3) is 2.82. The number of hydrogen-bond acceptors (Lipinski definition) is 7. The van der Waals surface area contributed by atoms with Crippen LogP contribution in [0.3, 0.4) is 0 Å². The Morgan fingerprint density at radius 1 is 1.44 bits per heavy atom. The summed E-state index contributed by atoms with van der Waals surface area (Å²) in [4.78, 5) is 18.5. The Morgan fingerprint density at radius 3 is 3.12 bits per heavy atom. The van der Waals surface area contributed by atoms with Gasteiger partial charge in [0, 0.05) is 12.4 Å². The van der Waals surface area contributed by atoms with E-state index < -0.39 is 0 Å². The lowest BCUT2D eigenvalue weighted by molar-refractivity contribution is 0.0958. The lowest BCUT2D eigenvalue weighted by Gasteiger charge is -2.14. The molecule has 0 atom stereocenters. The molecule has 1 amide bonds. The van der Waals surface area contributed by atoms with E-state index in [1.807, 2.05) is 25.3 Å². The van der Waals surface area contributed by atoms with Gasteiger partial charge in [-0.15, -0.1) is 0 Å². The van der Waals surface area contributed by atoms with Crippen molar-refractivity contribution in [3.63, 3.8) is 0 Å². The summed E-state index contributed by atoms with van der Waals surface area (Å²) in [6.45, 7) is 2.00. The summed E-state index contributed by atoms with van der Waals surface area (Å²) in [5.74, 6) is 0.531. The zero-order chi connectivity index (χ0) is 17.4. The van der Waals surface area contributed by atoms with Crippen LogP contribution in [0.25, 0.3) is 10.4 Å². The summed E-state index contributed by atoms with van der Waals surface area (Å²) < 4.78 is 10.5. The summed E-state index contributed by atoms with van der Waals surface area (Å²) in [5.41, 5.74) is 9.49. The van der Waals surface area contributed by atoms with Crippen LogP contribution in [0, 0.1) is 6.92 Å². The molecule has 0 saturated heterocycles. The highest BCUT2D eigenvalue weighted by molar-refractivity contribution is 7.17. The van der Waals surface area contributed by atoms with Gasteiger partial charge < -0.3 is 15.8 Å². The van der Waals surface area contributed by atoms with Crippen molar-refractivity contribution in [1.29, 1.82) is 0 Å². The average molecular weight is 372 g/mol. The highest BCUT2D eigenvalue weighted by atomic mass is 32.1. The number of nitrogens with zero attached hydrogens (tertiary/aromatic N) is 2. The van der Waals surface area contributed by atoms with Crippen LogP contribution in [0.4, 0.5) is 0 Å². The Bertz CT molecular complexity index is 948. The molecule has 3 heterocycles. The SMILES string of the molecule is Cc1ncccc1Oc1sc(C(=O)NCN)c2c1-c1sncc1CC2. The fraction of sp³-hybridized carbons (Fsp3) is 0.235. The maximum Gasteiger partial charge on any atom is 0.262 e. The first kappa shape index (κ1) is 16.2. The van der Waals surface area contributed by atoms with E-state index >= 15 is 0 Å². The van der Waals surface area contributed by atoms with Crippen LogP contribution in [0.5, 0.6) is 10.8 Å². The predicted octanol–water partition coefficient (Wildman–Crippen LogP) is 3.11. The monoisotopic (exact) mass is 372 g/mol. The first-order valence-electron chi connectivity index (χ1n) is 7.86. The number of carbonyl (C=O) groups is 1. The molecule has 1 aliphatic rings. The van der Waals surface area contributed by atoms with Gasteiger partial charge >= 0.3 is 0 Å². The molecule has 8 heteroatoms. The van der Waals surface area contributed by atoms with E-state index in [1.165, 1.54) is 28.4 Å². The number of nitrogens with one attached hydrogen (secondary N) is 1. The topological polar surface area (TPSA) is 90.1 Å². The third-order valence-electron chi connectivity index (χ3n) is 4.12. The molecular weight excluding hydrogens is 356 g/mol. The molecule has 0 spiro atoms.